The third kappa shape index (κ3) is 2.25. The largest absolute Gasteiger partial charge is 0.394 e. The molecule has 0 saturated carbocycles. The van der Waals surface area contributed by atoms with Gasteiger partial charge in [-0.25, -0.2) is 14.4 Å². The zero-order valence-corrected chi connectivity index (χ0v) is 10.3. The Labute approximate surface area is 105 Å². The second-order valence-corrected chi connectivity index (χ2v) is 4.11. The predicted molar refractivity (Wildman–Crippen MR) is 69.7 cm³/mol. The van der Waals surface area contributed by atoms with Crippen LogP contribution in [0.1, 0.15) is 18.5 Å². The van der Waals surface area contributed by atoms with Crippen LogP contribution in [-0.2, 0) is 0 Å². The van der Waals surface area contributed by atoms with Gasteiger partial charge in [0, 0.05) is 12.6 Å². The fourth-order valence-electron chi connectivity index (χ4n) is 1.83. The first-order chi connectivity index (χ1) is 8.61. The number of aromatic nitrogens is 2. The van der Waals surface area contributed by atoms with Gasteiger partial charge in [0.25, 0.3) is 0 Å². The molecule has 0 saturated heterocycles. The van der Waals surface area contributed by atoms with Crippen LogP contribution in [0.5, 0.6) is 0 Å². The monoisotopic (exact) mass is 246 g/mol. The van der Waals surface area contributed by atoms with E-state index in [1.807, 2.05) is 24.9 Å². The number of hydrogen-bond acceptors (Lipinski definition) is 4. The first-order valence-corrected chi connectivity index (χ1v) is 5.64. The molecule has 0 bridgehead atoms. The van der Waals surface area contributed by atoms with Crippen LogP contribution in [0, 0.1) is 5.82 Å². The summed E-state index contributed by atoms with van der Waals surface area (Å²) in [7, 11) is 1.83. The van der Waals surface area contributed by atoms with Crippen molar-refractivity contribution >= 4 is 11.5 Å². The molecule has 0 aliphatic rings. The molecule has 5 heteroatoms. The maximum absolute atomic E-state index is 13.7. The Balaban J connectivity index is 2.33. The van der Waals surface area contributed by atoms with Crippen LogP contribution in [0.25, 0.3) is 0 Å². The molecule has 1 unspecified atom stereocenters. The van der Waals surface area contributed by atoms with E-state index in [4.69, 9.17) is 5.73 Å². The molecule has 1 atom stereocenters. The van der Waals surface area contributed by atoms with Gasteiger partial charge in [-0.1, -0.05) is 18.2 Å². The molecule has 0 spiro atoms. The summed E-state index contributed by atoms with van der Waals surface area (Å²) in [5.74, 6) is 0.366. The van der Waals surface area contributed by atoms with Gasteiger partial charge in [0.1, 0.15) is 12.1 Å². The topological polar surface area (TPSA) is 55.0 Å². The molecular weight excluding hydrogens is 231 g/mol. The van der Waals surface area contributed by atoms with E-state index in [2.05, 4.69) is 9.97 Å². The highest BCUT2D eigenvalue weighted by Crippen LogP contribution is 2.28. The van der Waals surface area contributed by atoms with E-state index in [-0.39, 0.29) is 11.9 Å². The van der Waals surface area contributed by atoms with Gasteiger partial charge in [-0.05, 0) is 13.0 Å². The summed E-state index contributed by atoms with van der Waals surface area (Å²) < 4.78 is 13.7. The minimum atomic E-state index is -0.232. The predicted octanol–water partition coefficient (Wildman–Crippen LogP) is 2.40. The number of nitrogens with two attached hydrogens (primary N) is 1. The number of halogens is 1. The standard InChI is InChI=1S/C13H15FN4/c1-9(10-5-3-4-6-11(10)14)18(2)13-12(15)7-16-8-17-13/h3-9H,15H2,1-2H3. The van der Waals surface area contributed by atoms with E-state index >= 15 is 0 Å². The molecule has 0 radical (unpaired) electrons. The summed E-state index contributed by atoms with van der Waals surface area (Å²) in [4.78, 5) is 9.79. The Morgan fingerprint density at radius 3 is 2.72 bits per heavy atom. The lowest BCUT2D eigenvalue weighted by atomic mass is 10.1. The maximum atomic E-state index is 13.7. The van der Waals surface area contributed by atoms with Gasteiger partial charge in [-0.3, -0.25) is 0 Å². The fourth-order valence-corrected chi connectivity index (χ4v) is 1.83. The molecule has 1 aromatic heterocycles. The third-order valence-electron chi connectivity index (χ3n) is 2.99. The lowest BCUT2D eigenvalue weighted by molar-refractivity contribution is 0.584. The van der Waals surface area contributed by atoms with E-state index in [1.165, 1.54) is 18.6 Å². The number of nitrogen functional groups attached to an aromatic ring is 1. The van der Waals surface area contributed by atoms with Crippen LogP contribution in [0.4, 0.5) is 15.9 Å². The molecule has 94 valence electrons. The second-order valence-electron chi connectivity index (χ2n) is 4.11. The molecular formula is C13H15FN4. The average Bonchev–Trinajstić information content (AvgIpc) is 2.38. The Morgan fingerprint density at radius 2 is 2.06 bits per heavy atom. The highest BCUT2D eigenvalue weighted by Gasteiger charge is 2.18. The maximum Gasteiger partial charge on any atom is 0.155 e. The van der Waals surface area contributed by atoms with Gasteiger partial charge in [0.05, 0.1) is 17.9 Å². The second kappa shape index (κ2) is 5.00. The summed E-state index contributed by atoms with van der Waals surface area (Å²) in [6.45, 7) is 1.90. The van der Waals surface area contributed by atoms with Crippen LogP contribution in [-0.4, -0.2) is 17.0 Å². The zero-order chi connectivity index (χ0) is 13.1. The smallest absolute Gasteiger partial charge is 0.155 e. The molecule has 2 aromatic rings. The summed E-state index contributed by atoms with van der Waals surface area (Å²) >= 11 is 0. The van der Waals surface area contributed by atoms with Crippen molar-refractivity contribution in [1.29, 1.82) is 0 Å². The Kier molecular flexibility index (Phi) is 3.41. The Hall–Kier alpha value is -2.17. The normalized spacial score (nSPS) is 12.2. The molecule has 2 N–H and O–H groups in total. The molecule has 18 heavy (non-hydrogen) atoms. The average molecular weight is 246 g/mol. The van der Waals surface area contributed by atoms with Crippen molar-refractivity contribution in [2.45, 2.75) is 13.0 Å². The first-order valence-electron chi connectivity index (χ1n) is 5.64. The van der Waals surface area contributed by atoms with Gasteiger partial charge in [-0.15, -0.1) is 0 Å². The van der Waals surface area contributed by atoms with Gasteiger partial charge < -0.3 is 10.6 Å². The molecule has 1 heterocycles. The molecule has 0 amide bonds. The summed E-state index contributed by atoms with van der Waals surface area (Å²) in [5.41, 5.74) is 6.90. The molecule has 4 nitrogen and oxygen atoms in total. The minimum Gasteiger partial charge on any atom is -0.394 e. The molecule has 0 aliphatic carbocycles. The van der Waals surface area contributed by atoms with Crippen molar-refractivity contribution in [3.8, 4) is 0 Å². The lowest BCUT2D eigenvalue weighted by Crippen LogP contribution is -2.24. The number of anilines is 2. The quantitative estimate of drug-likeness (QED) is 0.903. The van der Waals surface area contributed by atoms with Crippen molar-refractivity contribution in [2.75, 3.05) is 17.7 Å². The van der Waals surface area contributed by atoms with Gasteiger partial charge in [0.2, 0.25) is 0 Å². The Bertz CT molecular complexity index is 495. The van der Waals surface area contributed by atoms with Crippen molar-refractivity contribution in [3.63, 3.8) is 0 Å². The lowest BCUT2D eigenvalue weighted by Gasteiger charge is -2.27. The fraction of sp³-hybridized carbons (Fsp3) is 0.231. The van der Waals surface area contributed by atoms with Gasteiger partial charge >= 0.3 is 0 Å². The highest BCUT2D eigenvalue weighted by atomic mass is 19.1. The van der Waals surface area contributed by atoms with E-state index in [9.17, 15) is 4.39 Å². The number of benzene rings is 1. The summed E-state index contributed by atoms with van der Waals surface area (Å²) in [6.07, 6.45) is 2.96. The third-order valence-corrected chi connectivity index (χ3v) is 2.99. The zero-order valence-electron chi connectivity index (χ0n) is 10.3. The summed E-state index contributed by atoms with van der Waals surface area (Å²) in [5, 5.41) is 0. The van der Waals surface area contributed by atoms with Crippen LogP contribution in [0.15, 0.2) is 36.8 Å². The Morgan fingerprint density at radius 1 is 1.33 bits per heavy atom. The van der Waals surface area contributed by atoms with E-state index < -0.39 is 0 Å². The molecule has 0 fully saturated rings. The van der Waals surface area contributed by atoms with E-state index in [1.54, 1.807) is 12.1 Å². The van der Waals surface area contributed by atoms with Crippen LogP contribution < -0.4 is 10.6 Å². The van der Waals surface area contributed by atoms with Crippen LogP contribution in [0.3, 0.4) is 0 Å². The molecule has 0 aliphatic heterocycles. The minimum absolute atomic E-state index is 0.164. The molecule has 2 rings (SSSR count). The van der Waals surface area contributed by atoms with Crippen LogP contribution in [0.2, 0.25) is 0 Å². The van der Waals surface area contributed by atoms with Crippen molar-refractivity contribution < 1.29 is 4.39 Å². The SMILES string of the molecule is CC(c1ccccc1F)N(C)c1ncncc1N. The van der Waals surface area contributed by atoms with Gasteiger partial charge in [-0.2, -0.15) is 0 Å². The molecule has 1 aromatic carbocycles. The van der Waals surface area contributed by atoms with Crippen molar-refractivity contribution in [1.82, 2.24) is 9.97 Å². The first kappa shape index (κ1) is 12.3. The van der Waals surface area contributed by atoms with Crippen molar-refractivity contribution in [3.05, 3.63) is 48.2 Å². The number of nitrogens with zero attached hydrogens (tertiary/aromatic N) is 3. The number of rotatable bonds is 3. The van der Waals surface area contributed by atoms with Gasteiger partial charge in [0.15, 0.2) is 5.82 Å². The van der Waals surface area contributed by atoms with Crippen LogP contribution >= 0.6 is 0 Å². The summed E-state index contributed by atoms with van der Waals surface area (Å²) in [6, 6.07) is 6.52. The van der Waals surface area contributed by atoms with E-state index in [0.717, 1.165) is 0 Å². The highest BCUT2D eigenvalue weighted by molar-refractivity contribution is 5.61. The van der Waals surface area contributed by atoms with Crippen molar-refractivity contribution in [2.24, 2.45) is 0 Å². The number of hydrogen-bond donors (Lipinski definition) is 1. The van der Waals surface area contributed by atoms with E-state index in [0.29, 0.717) is 17.1 Å².